The summed E-state index contributed by atoms with van der Waals surface area (Å²) in [6.45, 7) is 0. The Labute approximate surface area is 340 Å². The van der Waals surface area contributed by atoms with Crippen LogP contribution in [0.4, 0.5) is 0 Å². The number of nitrogens with one attached hydrogen (secondary N) is 3. The van der Waals surface area contributed by atoms with E-state index in [2.05, 4.69) is 15.3 Å². The number of benzene rings is 4. The molecule has 7 N–H and O–H groups in total. The van der Waals surface area contributed by atoms with Gasteiger partial charge in [0, 0.05) is 50.1 Å². The number of carboxylic acid groups (broad SMARTS) is 4. The number of fused-ring (bicyclic) bond motifs is 7. The zero-order valence-corrected chi connectivity index (χ0v) is 31.3. The molecule has 4 aromatic carbocycles. The number of nitrogens with zero attached hydrogens (tertiary/aromatic N) is 1. The Kier molecular flexibility index (Phi) is 9.13. The molecule has 0 amide bonds. The quantitative estimate of drug-likeness (QED) is 0.0922. The summed E-state index contributed by atoms with van der Waals surface area (Å²) in [6.07, 6.45) is 7.72. The Balaban J connectivity index is 1.35. The van der Waals surface area contributed by atoms with Crippen molar-refractivity contribution < 1.29 is 39.6 Å². The van der Waals surface area contributed by atoms with Gasteiger partial charge in [0.15, 0.2) is 0 Å². The van der Waals surface area contributed by atoms with Crippen LogP contribution in [0.5, 0.6) is 0 Å². The molecule has 60 heavy (non-hydrogen) atoms. The first-order valence-corrected chi connectivity index (χ1v) is 18.7. The summed E-state index contributed by atoms with van der Waals surface area (Å²) in [4.78, 5) is 59.7. The average Bonchev–Trinajstić information content (AvgIpc) is 4.10. The van der Waals surface area contributed by atoms with Crippen LogP contribution in [-0.4, -0.2) is 66.0 Å². The topological polar surface area (TPSA) is 205 Å². The van der Waals surface area contributed by atoms with E-state index in [1.807, 2.05) is 48.6 Å². The molecule has 1 unspecified atom stereocenters. The minimum Gasteiger partial charge on any atom is -0.478 e. The third-order valence-corrected chi connectivity index (χ3v) is 10.7. The summed E-state index contributed by atoms with van der Waals surface area (Å²) in [6, 6.07) is 33.6. The molecule has 9 rings (SSSR count). The zero-order chi connectivity index (χ0) is 41.7. The molecular weight excluding hydrogens is 761 g/mol. The van der Waals surface area contributed by atoms with Crippen LogP contribution >= 0.6 is 0 Å². The summed E-state index contributed by atoms with van der Waals surface area (Å²) in [5.74, 6) is -4.22. The van der Waals surface area contributed by atoms with Crippen LogP contribution in [0, 0.1) is 0 Å². The van der Waals surface area contributed by atoms with Gasteiger partial charge in [-0.3, -0.25) is 0 Å². The van der Waals surface area contributed by atoms with Crippen molar-refractivity contribution in [3.8, 4) is 0 Å². The molecule has 2 aromatic heterocycles. The molecule has 0 radical (unpaired) electrons. The van der Waals surface area contributed by atoms with E-state index < -0.39 is 29.9 Å². The Morgan fingerprint density at radius 3 is 1.42 bits per heavy atom. The van der Waals surface area contributed by atoms with Crippen molar-refractivity contribution in [2.45, 2.75) is 6.04 Å². The summed E-state index contributed by atoms with van der Waals surface area (Å²) in [7, 11) is 0. The SMILES string of the molecule is O=C(O)c1ccc(C2=C3C=CC(=N3)C(c3ccc(C(=O)O)cc3)=c3ccc([nH]3)=C(c3ccc(C(=O)O)cc3)C3C=CC(=C(c4ccc(C(=O)O)cc4)c4ccc2[nH]4)N3)cc1. The van der Waals surface area contributed by atoms with Gasteiger partial charge in [-0.1, -0.05) is 54.6 Å². The van der Waals surface area contributed by atoms with Gasteiger partial charge in [0.25, 0.3) is 0 Å². The molecule has 6 aromatic rings. The molecule has 12 nitrogen and oxygen atoms in total. The van der Waals surface area contributed by atoms with E-state index in [1.54, 1.807) is 72.8 Å². The first-order chi connectivity index (χ1) is 29.0. The zero-order valence-electron chi connectivity index (χ0n) is 31.3. The number of aromatic amines is 2. The fraction of sp³-hybridized carbons (Fsp3) is 0.0208. The number of aromatic nitrogens is 2. The fourth-order valence-corrected chi connectivity index (χ4v) is 7.78. The van der Waals surface area contributed by atoms with Gasteiger partial charge in [0.2, 0.25) is 0 Å². The Morgan fingerprint density at radius 2 is 0.900 bits per heavy atom. The summed E-state index contributed by atoms with van der Waals surface area (Å²) < 4.78 is 0. The third-order valence-electron chi connectivity index (χ3n) is 10.7. The van der Waals surface area contributed by atoms with Gasteiger partial charge in [-0.05, 0) is 113 Å². The van der Waals surface area contributed by atoms with Gasteiger partial charge in [-0.15, -0.1) is 0 Å². The predicted molar refractivity (Wildman–Crippen MR) is 224 cm³/mol. The lowest BCUT2D eigenvalue weighted by Gasteiger charge is -2.19. The maximum atomic E-state index is 11.8. The lowest BCUT2D eigenvalue weighted by molar-refractivity contribution is 0.0686. The highest BCUT2D eigenvalue weighted by molar-refractivity contribution is 6.30. The molecule has 8 bridgehead atoms. The lowest BCUT2D eigenvalue weighted by atomic mass is 9.97. The van der Waals surface area contributed by atoms with Crippen molar-refractivity contribution in [3.05, 3.63) is 224 Å². The van der Waals surface area contributed by atoms with E-state index in [4.69, 9.17) is 4.99 Å². The van der Waals surface area contributed by atoms with Crippen LogP contribution < -0.4 is 16.0 Å². The Morgan fingerprint density at radius 1 is 0.450 bits per heavy atom. The second kappa shape index (κ2) is 14.8. The Bertz CT molecular complexity index is 3090. The molecule has 3 aliphatic heterocycles. The molecule has 0 spiro atoms. The molecular formula is C48H32N4O8. The Hall–Kier alpha value is -8.51. The molecule has 0 aliphatic carbocycles. The van der Waals surface area contributed by atoms with Crippen LogP contribution in [0.3, 0.4) is 0 Å². The van der Waals surface area contributed by atoms with Gasteiger partial charge >= 0.3 is 23.9 Å². The lowest BCUT2D eigenvalue weighted by Crippen LogP contribution is -2.30. The van der Waals surface area contributed by atoms with Crippen LogP contribution in [0.25, 0.3) is 22.3 Å². The van der Waals surface area contributed by atoms with Gasteiger partial charge in [-0.2, -0.15) is 0 Å². The molecule has 0 fully saturated rings. The first kappa shape index (κ1) is 37.1. The highest BCUT2D eigenvalue weighted by atomic mass is 16.4. The maximum Gasteiger partial charge on any atom is 0.335 e. The van der Waals surface area contributed by atoms with E-state index in [-0.39, 0.29) is 22.3 Å². The van der Waals surface area contributed by atoms with Crippen molar-refractivity contribution >= 4 is 51.9 Å². The van der Waals surface area contributed by atoms with Gasteiger partial charge < -0.3 is 35.7 Å². The highest BCUT2D eigenvalue weighted by Gasteiger charge is 2.26. The minimum absolute atomic E-state index is 0.123. The number of carboxylic acids is 4. The molecule has 5 heterocycles. The van der Waals surface area contributed by atoms with E-state index in [9.17, 15) is 39.6 Å². The maximum absolute atomic E-state index is 11.8. The molecule has 12 heteroatoms. The van der Waals surface area contributed by atoms with Crippen molar-refractivity contribution in [2.75, 3.05) is 0 Å². The highest BCUT2D eigenvalue weighted by Crippen LogP contribution is 2.36. The van der Waals surface area contributed by atoms with Gasteiger partial charge in [-0.25, -0.2) is 24.2 Å². The summed E-state index contributed by atoms with van der Waals surface area (Å²) in [5, 5.41) is 43.8. The average molecular weight is 793 g/mol. The molecule has 292 valence electrons. The molecule has 1 atom stereocenters. The second-order valence-corrected chi connectivity index (χ2v) is 14.3. The number of aliphatic imine (C=N–C) groups is 1. The monoisotopic (exact) mass is 792 g/mol. The van der Waals surface area contributed by atoms with E-state index in [0.717, 1.165) is 33.3 Å². The predicted octanol–water partition coefficient (Wildman–Crippen LogP) is 6.31. The molecule has 3 aliphatic rings. The first-order valence-electron chi connectivity index (χ1n) is 18.7. The van der Waals surface area contributed by atoms with Gasteiger partial charge in [0.05, 0.1) is 39.7 Å². The van der Waals surface area contributed by atoms with E-state index in [1.165, 1.54) is 24.3 Å². The van der Waals surface area contributed by atoms with Crippen LogP contribution in [-0.2, 0) is 0 Å². The summed E-state index contributed by atoms with van der Waals surface area (Å²) in [5.41, 5.74) is 9.55. The van der Waals surface area contributed by atoms with E-state index in [0.29, 0.717) is 50.4 Å². The minimum atomic E-state index is -1.06. The van der Waals surface area contributed by atoms with Crippen molar-refractivity contribution in [1.82, 2.24) is 15.3 Å². The fourth-order valence-electron chi connectivity index (χ4n) is 7.78. The number of hydrogen-bond donors (Lipinski definition) is 7. The standard InChI is InChI=1S/C48H32N4O8/c53-45(54)29-9-1-25(2-10-29)41-33-17-19-35(49-33)42(26-3-11-30(12-4-26)46(55)56)37-21-23-39(51-37)44(28-7-15-32(16-8-28)48(59)60)40-24-22-38(52-40)43(36-20-18-34(41)50-36)27-5-13-31(14-6-27)47(57)58/h1-24,33,49-51H,(H,53,54)(H,55,56)(H,57,58)(H,59,60). The second-order valence-electron chi connectivity index (χ2n) is 14.3. The van der Waals surface area contributed by atoms with Gasteiger partial charge in [0.1, 0.15) is 0 Å². The van der Waals surface area contributed by atoms with Crippen LogP contribution in [0.1, 0.15) is 75.1 Å². The number of hydrogen-bond acceptors (Lipinski definition) is 6. The smallest absolute Gasteiger partial charge is 0.335 e. The van der Waals surface area contributed by atoms with Crippen LogP contribution in [0.2, 0.25) is 0 Å². The summed E-state index contributed by atoms with van der Waals surface area (Å²) >= 11 is 0. The number of allylic oxidation sites excluding steroid dienone is 3. The largest absolute Gasteiger partial charge is 0.478 e. The number of H-pyrrole nitrogens is 2. The van der Waals surface area contributed by atoms with Crippen molar-refractivity contribution in [1.29, 1.82) is 0 Å². The molecule has 0 saturated heterocycles. The normalized spacial score (nSPS) is 15.6. The van der Waals surface area contributed by atoms with Crippen LogP contribution in [0.15, 0.2) is 162 Å². The van der Waals surface area contributed by atoms with Crippen molar-refractivity contribution in [2.24, 2.45) is 4.99 Å². The third kappa shape index (κ3) is 6.73. The van der Waals surface area contributed by atoms with Crippen molar-refractivity contribution in [3.63, 3.8) is 0 Å². The number of rotatable bonds is 8. The number of carbonyl (C=O) groups is 4. The van der Waals surface area contributed by atoms with E-state index >= 15 is 0 Å². The number of aromatic carboxylic acids is 4. The molecule has 0 saturated carbocycles.